The lowest BCUT2D eigenvalue weighted by molar-refractivity contribution is 0.308. The van der Waals surface area contributed by atoms with Gasteiger partial charge in [0.2, 0.25) is 0 Å². The Bertz CT molecular complexity index is 193. The van der Waals surface area contributed by atoms with Gasteiger partial charge in [0.15, 0.2) is 0 Å². The van der Waals surface area contributed by atoms with Crippen molar-refractivity contribution in [3.8, 4) is 0 Å². The first-order chi connectivity index (χ1) is 11.4. The SMILES string of the molecule is C.C.C.C.C.CC1CCC(C)CC1.CC1CCC(C)CC1.CC1CCC(C)CC1. The Morgan fingerprint density at radius 2 is 0.310 bits per heavy atom. The number of hydrogen-bond donors (Lipinski definition) is 0. The summed E-state index contributed by atoms with van der Waals surface area (Å²) in [6.45, 7) is 14.2. The monoisotopic (exact) mass is 417 g/mol. The Labute approximate surface area is 191 Å². The van der Waals surface area contributed by atoms with Gasteiger partial charge >= 0.3 is 0 Å². The molecule has 3 aliphatic rings. The van der Waals surface area contributed by atoms with Crippen LogP contribution < -0.4 is 0 Å². The molecule has 0 heterocycles. The molecule has 0 unspecified atom stereocenters. The van der Waals surface area contributed by atoms with Gasteiger partial charge in [0, 0.05) is 0 Å². The summed E-state index contributed by atoms with van der Waals surface area (Å²) in [7, 11) is 0. The molecule has 0 bridgehead atoms. The fraction of sp³-hybridized carbons (Fsp3) is 1.00. The van der Waals surface area contributed by atoms with Crippen molar-refractivity contribution in [2.45, 2.75) is 156 Å². The highest BCUT2D eigenvalue weighted by Crippen LogP contribution is 2.28. The molecule has 0 aromatic heterocycles. The molecule has 0 saturated heterocycles. The van der Waals surface area contributed by atoms with Gasteiger partial charge in [-0.15, -0.1) is 0 Å². The van der Waals surface area contributed by atoms with Gasteiger partial charge in [0.1, 0.15) is 0 Å². The summed E-state index contributed by atoms with van der Waals surface area (Å²) in [5.74, 6) is 6.12. The zero-order valence-electron chi connectivity index (χ0n) is 17.9. The quantitative estimate of drug-likeness (QED) is 0.368. The van der Waals surface area contributed by atoms with Crippen LogP contribution in [-0.4, -0.2) is 0 Å². The van der Waals surface area contributed by atoms with E-state index in [1.165, 1.54) is 77.0 Å². The summed E-state index contributed by atoms with van der Waals surface area (Å²) in [6.07, 6.45) is 17.7. The third-order valence-corrected chi connectivity index (χ3v) is 6.91. The van der Waals surface area contributed by atoms with Gasteiger partial charge in [-0.3, -0.25) is 0 Å². The van der Waals surface area contributed by atoms with Gasteiger partial charge in [-0.05, 0) is 35.5 Å². The van der Waals surface area contributed by atoms with Crippen LogP contribution in [0.4, 0.5) is 0 Å². The van der Waals surface area contributed by atoms with Gasteiger partial charge in [0.05, 0.1) is 0 Å². The molecule has 0 N–H and O–H groups in total. The maximum atomic E-state index is 2.37. The van der Waals surface area contributed by atoms with Gasteiger partial charge in [0.25, 0.3) is 0 Å². The Balaban J connectivity index is -0.0000000914. The van der Waals surface area contributed by atoms with Crippen LogP contribution in [-0.2, 0) is 0 Å². The molecular weight excluding hydrogens is 348 g/mol. The fourth-order valence-electron chi connectivity index (χ4n) is 4.28. The number of hydrogen-bond acceptors (Lipinski definition) is 0. The van der Waals surface area contributed by atoms with E-state index in [9.17, 15) is 0 Å². The van der Waals surface area contributed by atoms with Crippen molar-refractivity contribution in [3.05, 3.63) is 0 Å². The van der Waals surface area contributed by atoms with E-state index in [-0.39, 0.29) is 37.1 Å². The second-order valence-corrected chi connectivity index (χ2v) is 10.1. The average molecular weight is 417 g/mol. The fourth-order valence-corrected chi connectivity index (χ4v) is 4.28. The van der Waals surface area contributed by atoms with E-state index in [2.05, 4.69) is 41.5 Å². The predicted octanol–water partition coefficient (Wildman–Crippen LogP) is 11.7. The van der Waals surface area contributed by atoms with E-state index in [4.69, 9.17) is 0 Å². The predicted molar refractivity (Wildman–Crippen MR) is 144 cm³/mol. The summed E-state index contributed by atoms with van der Waals surface area (Å²) >= 11 is 0. The van der Waals surface area contributed by atoms with Crippen LogP contribution >= 0.6 is 0 Å². The van der Waals surface area contributed by atoms with E-state index >= 15 is 0 Å². The van der Waals surface area contributed by atoms with Crippen molar-refractivity contribution in [2.75, 3.05) is 0 Å². The summed E-state index contributed by atoms with van der Waals surface area (Å²) in [5, 5.41) is 0. The van der Waals surface area contributed by atoms with Crippen LogP contribution in [0.25, 0.3) is 0 Å². The Hall–Kier alpha value is 0. The van der Waals surface area contributed by atoms with Crippen molar-refractivity contribution < 1.29 is 0 Å². The molecule has 0 aliphatic heterocycles. The van der Waals surface area contributed by atoms with Gasteiger partial charge < -0.3 is 0 Å². The van der Waals surface area contributed by atoms with E-state index in [0.717, 1.165) is 35.5 Å². The number of rotatable bonds is 0. The van der Waals surface area contributed by atoms with Crippen LogP contribution in [0.2, 0.25) is 0 Å². The molecule has 0 radical (unpaired) electrons. The normalized spacial score (nSPS) is 32.9. The van der Waals surface area contributed by atoms with Crippen molar-refractivity contribution in [2.24, 2.45) is 35.5 Å². The summed E-state index contributed by atoms with van der Waals surface area (Å²) in [4.78, 5) is 0. The molecule has 0 spiro atoms. The minimum atomic E-state index is 0. The molecule has 29 heavy (non-hydrogen) atoms. The smallest absolute Gasteiger partial charge is 0.0443 e. The molecule has 0 heteroatoms. The Morgan fingerprint density at radius 3 is 0.379 bits per heavy atom. The zero-order valence-corrected chi connectivity index (χ0v) is 17.9. The maximum absolute atomic E-state index is 2.37. The molecule has 3 fully saturated rings. The molecule has 0 nitrogen and oxygen atoms in total. The molecule has 0 aromatic rings. The highest BCUT2D eigenvalue weighted by atomic mass is 14.2. The van der Waals surface area contributed by atoms with Crippen LogP contribution in [0.1, 0.15) is 156 Å². The van der Waals surface area contributed by atoms with Crippen LogP contribution in [0.15, 0.2) is 0 Å². The molecular formula is C29H68. The molecule has 3 saturated carbocycles. The van der Waals surface area contributed by atoms with Crippen molar-refractivity contribution in [1.82, 2.24) is 0 Å². The lowest BCUT2D eigenvalue weighted by Crippen LogP contribution is -2.08. The first-order valence-electron chi connectivity index (χ1n) is 11.4. The van der Waals surface area contributed by atoms with E-state index < -0.39 is 0 Å². The van der Waals surface area contributed by atoms with E-state index in [1.54, 1.807) is 0 Å². The summed E-state index contributed by atoms with van der Waals surface area (Å²) < 4.78 is 0. The topological polar surface area (TPSA) is 0 Å². The van der Waals surface area contributed by atoms with Gasteiger partial charge in [-0.1, -0.05) is 156 Å². The lowest BCUT2D eigenvalue weighted by Gasteiger charge is -2.22. The van der Waals surface area contributed by atoms with E-state index in [1.807, 2.05) is 0 Å². The van der Waals surface area contributed by atoms with Crippen molar-refractivity contribution in [3.63, 3.8) is 0 Å². The second kappa shape index (κ2) is 22.7. The first kappa shape index (κ1) is 39.5. The average Bonchev–Trinajstić information content (AvgIpc) is 2.57. The van der Waals surface area contributed by atoms with Crippen molar-refractivity contribution in [1.29, 1.82) is 0 Å². The summed E-state index contributed by atoms with van der Waals surface area (Å²) in [5.41, 5.74) is 0. The minimum absolute atomic E-state index is 0. The molecule has 0 aromatic carbocycles. The Morgan fingerprint density at radius 1 is 0.241 bits per heavy atom. The van der Waals surface area contributed by atoms with Gasteiger partial charge in [-0.2, -0.15) is 0 Å². The first-order valence-corrected chi connectivity index (χ1v) is 11.4. The molecule has 0 amide bonds. The zero-order chi connectivity index (χ0) is 17.9. The van der Waals surface area contributed by atoms with Crippen molar-refractivity contribution >= 4 is 0 Å². The lowest BCUT2D eigenvalue weighted by atomic mass is 9.84. The van der Waals surface area contributed by atoms with Gasteiger partial charge in [-0.25, -0.2) is 0 Å². The van der Waals surface area contributed by atoms with Crippen LogP contribution in [0, 0.1) is 35.5 Å². The summed E-state index contributed by atoms with van der Waals surface area (Å²) in [6, 6.07) is 0. The Kier molecular flexibility index (Phi) is 30.9. The maximum Gasteiger partial charge on any atom is -0.0443 e. The minimum Gasteiger partial charge on any atom is -0.0776 e. The third-order valence-electron chi connectivity index (χ3n) is 6.91. The largest absolute Gasteiger partial charge is 0.0776 e. The molecule has 3 aliphatic carbocycles. The van der Waals surface area contributed by atoms with E-state index in [0.29, 0.717) is 0 Å². The molecule has 3 rings (SSSR count). The molecule has 0 atom stereocenters. The highest BCUT2D eigenvalue weighted by molar-refractivity contribution is 4.67. The highest BCUT2D eigenvalue weighted by Gasteiger charge is 2.14. The third kappa shape index (κ3) is 21.0. The standard InChI is InChI=1S/3C8H16.5CH4/c3*1-7-3-5-8(2)6-4-7;;;;;/h3*7-8H,3-6H2,1-2H3;5*1H4. The van der Waals surface area contributed by atoms with Crippen LogP contribution in [0.3, 0.4) is 0 Å². The van der Waals surface area contributed by atoms with Crippen LogP contribution in [0.5, 0.6) is 0 Å². The molecule has 184 valence electrons. The second-order valence-electron chi connectivity index (χ2n) is 10.1.